The van der Waals surface area contributed by atoms with E-state index in [1.807, 2.05) is 7.05 Å². The van der Waals surface area contributed by atoms with Gasteiger partial charge in [-0.05, 0) is 57.5 Å². The number of ether oxygens (including phenoxy) is 1. The van der Waals surface area contributed by atoms with Crippen LogP contribution in [-0.2, 0) is 9.53 Å². The molecule has 0 aromatic carbocycles. The normalized spacial score (nSPS) is 29.3. The summed E-state index contributed by atoms with van der Waals surface area (Å²) in [6.07, 6.45) is 6.97. The van der Waals surface area contributed by atoms with Crippen molar-refractivity contribution < 1.29 is 9.53 Å². The van der Waals surface area contributed by atoms with Gasteiger partial charge in [-0.1, -0.05) is 20.3 Å². The van der Waals surface area contributed by atoms with Crippen molar-refractivity contribution in [1.82, 2.24) is 10.2 Å². The van der Waals surface area contributed by atoms with Gasteiger partial charge in [0.2, 0.25) is 0 Å². The topological polar surface area (TPSA) is 41.6 Å². The molecule has 2 saturated carbocycles. The van der Waals surface area contributed by atoms with Crippen molar-refractivity contribution in [3.05, 3.63) is 0 Å². The lowest BCUT2D eigenvalue weighted by Crippen LogP contribution is -2.54. The van der Waals surface area contributed by atoms with Gasteiger partial charge in [0.1, 0.15) is 5.54 Å². The molecular weight excluding hydrogens is 264 g/mol. The third-order valence-corrected chi connectivity index (χ3v) is 5.24. The van der Waals surface area contributed by atoms with Crippen LogP contribution in [0, 0.1) is 11.8 Å². The van der Waals surface area contributed by atoms with Gasteiger partial charge in [0, 0.05) is 12.6 Å². The van der Waals surface area contributed by atoms with Gasteiger partial charge in [-0.2, -0.15) is 0 Å². The standard InChI is InChI=1S/C17H32N2O2/c1-13(2)12-19(15-7-8-15)11-9-14-6-5-10-17(14,18-3)16(20)21-4/h13-15,18H,5-12H2,1-4H3. The van der Waals surface area contributed by atoms with Gasteiger partial charge in [-0.15, -0.1) is 0 Å². The Hall–Kier alpha value is -0.610. The highest BCUT2D eigenvalue weighted by Crippen LogP contribution is 2.39. The molecule has 2 aliphatic rings. The lowest BCUT2D eigenvalue weighted by molar-refractivity contribution is -0.150. The zero-order chi connectivity index (χ0) is 15.5. The number of nitrogens with zero attached hydrogens (tertiary/aromatic N) is 1. The van der Waals surface area contributed by atoms with Crippen LogP contribution in [0.4, 0.5) is 0 Å². The third-order valence-electron chi connectivity index (χ3n) is 5.24. The van der Waals surface area contributed by atoms with Gasteiger partial charge in [-0.25, -0.2) is 0 Å². The minimum absolute atomic E-state index is 0.0747. The molecule has 4 heteroatoms. The fourth-order valence-corrected chi connectivity index (χ4v) is 4.00. The van der Waals surface area contributed by atoms with Crippen molar-refractivity contribution in [3.63, 3.8) is 0 Å². The van der Waals surface area contributed by atoms with Gasteiger partial charge in [0.15, 0.2) is 0 Å². The molecule has 2 unspecified atom stereocenters. The Morgan fingerprint density at radius 2 is 2.10 bits per heavy atom. The number of methoxy groups -OCH3 is 1. The molecule has 0 aromatic rings. The molecular formula is C17H32N2O2. The van der Waals surface area contributed by atoms with Crippen LogP contribution in [-0.4, -0.2) is 49.7 Å². The number of hydrogen-bond acceptors (Lipinski definition) is 4. The van der Waals surface area contributed by atoms with E-state index >= 15 is 0 Å². The van der Waals surface area contributed by atoms with Crippen LogP contribution in [0.5, 0.6) is 0 Å². The number of carbonyl (C=O) groups excluding carboxylic acids is 1. The molecule has 2 aliphatic carbocycles. The molecule has 0 amide bonds. The minimum Gasteiger partial charge on any atom is -0.468 e. The molecule has 0 spiro atoms. The maximum Gasteiger partial charge on any atom is 0.326 e. The molecule has 122 valence electrons. The van der Waals surface area contributed by atoms with Crippen LogP contribution < -0.4 is 5.32 Å². The first-order chi connectivity index (χ1) is 10.0. The van der Waals surface area contributed by atoms with E-state index in [0.29, 0.717) is 11.8 Å². The Labute approximate surface area is 129 Å². The van der Waals surface area contributed by atoms with Gasteiger partial charge < -0.3 is 15.0 Å². The van der Waals surface area contributed by atoms with Crippen LogP contribution in [0.2, 0.25) is 0 Å². The minimum atomic E-state index is -0.443. The highest BCUT2D eigenvalue weighted by Gasteiger charge is 2.48. The molecule has 4 nitrogen and oxygen atoms in total. The smallest absolute Gasteiger partial charge is 0.326 e. The average Bonchev–Trinajstić information content (AvgIpc) is 3.22. The first kappa shape index (κ1) is 16.8. The van der Waals surface area contributed by atoms with Gasteiger partial charge in [0.05, 0.1) is 7.11 Å². The summed E-state index contributed by atoms with van der Waals surface area (Å²) < 4.78 is 5.07. The van der Waals surface area contributed by atoms with Crippen molar-refractivity contribution in [2.75, 3.05) is 27.2 Å². The number of rotatable bonds is 8. The molecule has 2 rings (SSSR count). The predicted octanol–water partition coefficient (Wildman–Crippen LogP) is 2.43. The quantitative estimate of drug-likeness (QED) is 0.699. The Bertz CT molecular complexity index is 355. The second-order valence-corrected chi connectivity index (χ2v) is 7.21. The van der Waals surface area contributed by atoms with E-state index in [0.717, 1.165) is 38.3 Å². The summed E-state index contributed by atoms with van der Waals surface area (Å²) in [6.45, 7) is 6.88. The van der Waals surface area contributed by atoms with Crippen LogP contribution in [0.3, 0.4) is 0 Å². The van der Waals surface area contributed by atoms with E-state index < -0.39 is 5.54 Å². The van der Waals surface area contributed by atoms with Crippen molar-refractivity contribution >= 4 is 5.97 Å². The number of likely N-dealkylation sites (N-methyl/N-ethyl adjacent to an activating group) is 1. The Morgan fingerprint density at radius 1 is 1.38 bits per heavy atom. The predicted molar refractivity (Wildman–Crippen MR) is 85.2 cm³/mol. The van der Waals surface area contributed by atoms with E-state index in [-0.39, 0.29) is 5.97 Å². The van der Waals surface area contributed by atoms with Crippen molar-refractivity contribution in [2.24, 2.45) is 11.8 Å². The number of carbonyl (C=O) groups is 1. The maximum atomic E-state index is 12.2. The molecule has 0 saturated heterocycles. The third kappa shape index (κ3) is 3.78. The van der Waals surface area contributed by atoms with E-state index in [1.165, 1.54) is 26.5 Å². The molecule has 21 heavy (non-hydrogen) atoms. The molecule has 2 fully saturated rings. The Morgan fingerprint density at radius 3 is 2.62 bits per heavy atom. The molecule has 2 atom stereocenters. The molecule has 0 aliphatic heterocycles. The second kappa shape index (κ2) is 7.10. The fraction of sp³-hybridized carbons (Fsp3) is 0.941. The molecule has 0 bridgehead atoms. The highest BCUT2D eigenvalue weighted by atomic mass is 16.5. The Balaban J connectivity index is 1.95. The fourth-order valence-electron chi connectivity index (χ4n) is 4.00. The summed E-state index contributed by atoms with van der Waals surface area (Å²) in [5.41, 5.74) is -0.443. The Kier molecular flexibility index (Phi) is 5.67. The first-order valence-electron chi connectivity index (χ1n) is 8.55. The molecule has 0 heterocycles. The van der Waals surface area contributed by atoms with Crippen LogP contribution in [0.25, 0.3) is 0 Å². The summed E-state index contributed by atoms with van der Waals surface area (Å²) in [5, 5.41) is 3.29. The zero-order valence-electron chi connectivity index (χ0n) is 14.2. The zero-order valence-corrected chi connectivity index (χ0v) is 14.2. The van der Waals surface area contributed by atoms with E-state index in [2.05, 4.69) is 24.1 Å². The molecule has 1 N–H and O–H groups in total. The van der Waals surface area contributed by atoms with Crippen LogP contribution >= 0.6 is 0 Å². The number of esters is 1. The maximum absolute atomic E-state index is 12.2. The monoisotopic (exact) mass is 296 g/mol. The number of hydrogen-bond donors (Lipinski definition) is 1. The van der Waals surface area contributed by atoms with E-state index in [1.54, 1.807) is 0 Å². The van der Waals surface area contributed by atoms with Crippen molar-refractivity contribution in [1.29, 1.82) is 0 Å². The molecule has 0 aromatic heterocycles. The number of nitrogens with one attached hydrogen (secondary N) is 1. The van der Waals surface area contributed by atoms with Gasteiger partial charge in [0.25, 0.3) is 0 Å². The second-order valence-electron chi connectivity index (χ2n) is 7.21. The van der Waals surface area contributed by atoms with E-state index in [9.17, 15) is 4.79 Å². The highest BCUT2D eigenvalue weighted by molar-refractivity contribution is 5.81. The summed E-state index contributed by atoms with van der Waals surface area (Å²) in [6, 6.07) is 0.802. The van der Waals surface area contributed by atoms with Crippen molar-refractivity contribution in [3.8, 4) is 0 Å². The largest absolute Gasteiger partial charge is 0.468 e. The van der Waals surface area contributed by atoms with E-state index in [4.69, 9.17) is 4.74 Å². The SMILES string of the molecule is CNC1(C(=O)OC)CCCC1CCN(CC(C)C)C1CC1. The van der Waals surface area contributed by atoms with Gasteiger partial charge >= 0.3 is 5.97 Å². The van der Waals surface area contributed by atoms with Crippen LogP contribution in [0.15, 0.2) is 0 Å². The summed E-state index contributed by atoms with van der Waals surface area (Å²) in [5.74, 6) is 1.04. The molecule has 0 radical (unpaired) electrons. The van der Waals surface area contributed by atoms with Crippen molar-refractivity contribution in [2.45, 2.75) is 64.0 Å². The van der Waals surface area contributed by atoms with Gasteiger partial charge in [-0.3, -0.25) is 4.79 Å². The lowest BCUT2D eigenvalue weighted by Gasteiger charge is -2.34. The lowest BCUT2D eigenvalue weighted by atomic mass is 9.84. The van der Waals surface area contributed by atoms with Crippen LogP contribution in [0.1, 0.15) is 52.4 Å². The first-order valence-corrected chi connectivity index (χ1v) is 8.55. The summed E-state index contributed by atoms with van der Waals surface area (Å²) in [4.78, 5) is 14.9. The summed E-state index contributed by atoms with van der Waals surface area (Å²) >= 11 is 0. The summed E-state index contributed by atoms with van der Waals surface area (Å²) in [7, 11) is 3.41. The average molecular weight is 296 g/mol.